The highest BCUT2D eigenvalue weighted by Crippen LogP contribution is 2.37. The van der Waals surface area contributed by atoms with Crippen molar-refractivity contribution in [3.05, 3.63) is 0 Å². The summed E-state index contributed by atoms with van der Waals surface area (Å²) in [6.45, 7) is 5.98. The molecule has 7 nitrogen and oxygen atoms in total. The summed E-state index contributed by atoms with van der Waals surface area (Å²) in [6.07, 6.45) is 6.75. The molecule has 4 rings (SSSR count). The van der Waals surface area contributed by atoms with Gasteiger partial charge in [0.25, 0.3) is 0 Å². The molecule has 28 heavy (non-hydrogen) atoms. The quantitative estimate of drug-likeness (QED) is 0.726. The van der Waals surface area contributed by atoms with E-state index >= 15 is 0 Å². The number of hydrogen-bond acceptors (Lipinski definition) is 5. The van der Waals surface area contributed by atoms with Crippen LogP contribution in [0.1, 0.15) is 38.5 Å². The Morgan fingerprint density at radius 2 is 1.61 bits per heavy atom. The molecule has 3 saturated heterocycles. The van der Waals surface area contributed by atoms with E-state index in [4.69, 9.17) is 0 Å². The molecule has 2 amide bonds. The highest BCUT2D eigenvalue weighted by atomic mass is 16.2. The Balaban J connectivity index is 1.19. The normalized spacial score (nSPS) is 30.6. The third-order valence-electron chi connectivity index (χ3n) is 7.34. The summed E-state index contributed by atoms with van der Waals surface area (Å²) in [5, 5.41) is 3.59. The molecule has 1 N–H and O–H groups in total. The maximum Gasteiger partial charge on any atom is 0.239 e. The fraction of sp³-hybridized carbons (Fsp3) is 0.905. The van der Waals surface area contributed by atoms with Crippen LogP contribution in [0.15, 0.2) is 0 Å². The zero-order chi connectivity index (χ0) is 19.7. The number of carbonyl (C=O) groups excluding carboxylic acids is 2. The van der Waals surface area contributed by atoms with Crippen LogP contribution in [-0.2, 0) is 9.59 Å². The smallest absolute Gasteiger partial charge is 0.239 e. The van der Waals surface area contributed by atoms with Crippen LogP contribution in [0.25, 0.3) is 0 Å². The topological polar surface area (TPSA) is 59.1 Å². The van der Waals surface area contributed by atoms with Gasteiger partial charge in [-0.1, -0.05) is 0 Å². The first-order chi connectivity index (χ1) is 13.5. The lowest BCUT2D eigenvalue weighted by Gasteiger charge is -2.39. The van der Waals surface area contributed by atoms with Gasteiger partial charge >= 0.3 is 0 Å². The molecule has 3 heterocycles. The van der Waals surface area contributed by atoms with E-state index in [-0.39, 0.29) is 17.9 Å². The first-order valence-electron chi connectivity index (χ1n) is 11.2. The zero-order valence-corrected chi connectivity index (χ0v) is 17.6. The lowest BCUT2D eigenvalue weighted by molar-refractivity contribution is -0.137. The Kier molecular flexibility index (Phi) is 6.23. The maximum absolute atomic E-state index is 12.9. The minimum absolute atomic E-state index is 0.0208. The first kappa shape index (κ1) is 20.1. The van der Waals surface area contributed by atoms with E-state index in [1.165, 1.54) is 12.8 Å². The monoisotopic (exact) mass is 391 g/mol. The zero-order valence-electron chi connectivity index (χ0n) is 17.6. The van der Waals surface area contributed by atoms with Crippen molar-refractivity contribution in [1.29, 1.82) is 0 Å². The van der Waals surface area contributed by atoms with Crippen molar-refractivity contribution < 1.29 is 9.59 Å². The lowest BCUT2D eigenvalue weighted by atomic mass is 10.0. The van der Waals surface area contributed by atoms with Gasteiger partial charge in [0.05, 0.1) is 12.6 Å². The van der Waals surface area contributed by atoms with Crippen LogP contribution >= 0.6 is 0 Å². The molecular weight excluding hydrogens is 354 g/mol. The predicted molar refractivity (Wildman–Crippen MR) is 109 cm³/mol. The predicted octanol–water partition coefficient (Wildman–Crippen LogP) is 0.214. The molecule has 0 aromatic rings. The van der Waals surface area contributed by atoms with E-state index in [9.17, 15) is 9.59 Å². The van der Waals surface area contributed by atoms with Gasteiger partial charge in [-0.25, -0.2) is 0 Å². The van der Waals surface area contributed by atoms with E-state index < -0.39 is 0 Å². The number of piperazine rings is 1. The summed E-state index contributed by atoms with van der Waals surface area (Å²) >= 11 is 0. The van der Waals surface area contributed by atoms with E-state index in [1.807, 2.05) is 16.8 Å². The fourth-order valence-corrected chi connectivity index (χ4v) is 5.07. The molecule has 4 fully saturated rings. The number of hydrogen-bond donors (Lipinski definition) is 1. The Morgan fingerprint density at radius 1 is 0.929 bits per heavy atom. The number of nitrogens with zero attached hydrogens (tertiary/aromatic N) is 4. The van der Waals surface area contributed by atoms with Crippen LogP contribution < -0.4 is 5.32 Å². The number of likely N-dealkylation sites (tertiary alicyclic amines) is 1. The number of amides is 2. The van der Waals surface area contributed by atoms with Crippen LogP contribution in [0, 0.1) is 5.92 Å². The molecule has 0 bridgehead atoms. The summed E-state index contributed by atoms with van der Waals surface area (Å²) in [4.78, 5) is 34.0. The molecular formula is C21H37N5O2. The lowest BCUT2D eigenvalue weighted by Crippen LogP contribution is -2.53. The number of piperidine rings is 1. The highest BCUT2D eigenvalue weighted by molar-refractivity contribution is 5.82. The van der Waals surface area contributed by atoms with Crippen molar-refractivity contribution in [3.8, 4) is 0 Å². The molecule has 1 saturated carbocycles. The van der Waals surface area contributed by atoms with Gasteiger partial charge in [0.2, 0.25) is 11.8 Å². The Hall–Kier alpha value is -1.18. The molecule has 1 aliphatic carbocycles. The number of nitrogens with one attached hydrogen (secondary N) is 1. The summed E-state index contributed by atoms with van der Waals surface area (Å²) in [5.74, 6) is 1.36. The van der Waals surface area contributed by atoms with Crippen molar-refractivity contribution in [2.45, 2.75) is 56.7 Å². The van der Waals surface area contributed by atoms with Crippen LogP contribution in [0.3, 0.4) is 0 Å². The second kappa shape index (κ2) is 8.67. The van der Waals surface area contributed by atoms with Gasteiger partial charge in [-0.05, 0) is 51.5 Å². The highest BCUT2D eigenvalue weighted by Gasteiger charge is 2.40. The SMILES string of the molecule is CN1CCN(C(=O)CN2CCC(N(C)C(=O)C3CCC(C4CC4)N3)CC2)CC1. The van der Waals surface area contributed by atoms with Crippen molar-refractivity contribution in [1.82, 2.24) is 24.9 Å². The van der Waals surface area contributed by atoms with Crippen LogP contribution in [0.5, 0.6) is 0 Å². The van der Waals surface area contributed by atoms with E-state index in [0.29, 0.717) is 18.6 Å². The van der Waals surface area contributed by atoms with Gasteiger partial charge in [0, 0.05) is 58.4 Å². The number of carbonyl (C=O) groups is 2. The van der Waals surface area contributed by atoms with Gasteiger partial charge in [-0.2, -0.15) is 0 Å². The Morgan fingerprint density at radius 3 is 2.25 bits per heavy atom. The molecule has 7 heteroatoms. The Labute approximate surface area is 169 Å². The molecule has 4 aliphatic rings. The Bertz CT molecular complexity index is 565. The summed E-state index contributed by atoms with van der Waals surface area (Å²) in [7, 11) is 4.09. The largest absolute Gasteiger partial charge is 0.341 e. The summed E-state index contributed by atoms with van der Waals surface area (Å²) < 4.78 is 0. The second-order valence-electron chi connectivity index (χ2n) is 9.38. The van der Waals surface area contributed by atoms with Crippen LogP contribution in [0.2, 0.25) is 0 Å². The minimum Gasteiger partial charge on any atom is -0.341 e. The fourth-order valence-electron chi connectivity index (χ4n) is 5.07. The van der Waals surface area contributed by atoms with E-state index in [0.717, 1.165) is 70.9 Å². The molecule has 0 aromatic heterocycles. The van der Waals surface area contributed by atoms with Gasteiger partial charge in [0.1, 0.15) is 0 Å². The first-order valence-corrected chi connectivity index (χ1v) is 11.2. The standard InChI is InChI=1S/C21H37N5O2/c1-23-11-13-26(14-12-23)20(27)15-25-9-7-17(8-10-25)24(2)21(28)19-6-5-18(22-19)16-3-4-16/h16-19,22H,3-15H2,1-2H3. The molecule has 0 aromatic carbocycles. The molecule has 0 spiro atoms. The summed E-state index contributed by atoms with van der Waals surface area (Å²) in [5.41, 5.74) is 0. The number of rotatable bonds is 5. The van der Waals surface area contributed by atoms with Crippen molar-refractivity contribution in [2.75, 3.05) is 59.9 Å². The van der Waals surface area contributed by atoms with E-state index in [1.54, 1.807) is 0 Å². The van der Waals surface area contributed by atoms with E-state index in [2.05, 4.69) is 22.2 Å². The van der Waals surface area contributed by atoms with Crippen LogP contribution in [-0.4, -0.2) is 109 Å². The van der Waals surface area contributed by atoms with Crippen molar-refractivity contribution >= 4 is 11.8 Å². The van der Waals surface area contributed by atoms with Crippen LogP contribution in [0.4, 0.5) is 0 Å². The summed E-state index contributed by atoms with van der Waals surface area (Å²) in [6, 6.07) is 0.904. The van der Waals surface area contributed by atoms with Gasteiger partial charge < -0.3 is 20.0 Å². The van der Waals surface area contributed by atoms with Crippen molar-refractivity contribution in [3.63, 3.8) is 0 Å². The second-order valence-corrected chi connectivity index (χ2v) is 9.38. The van der Waals surface area contributed by atoms with Gasteiger partial charge in [-0.3, -0.25) is 14.5 Å². The molecule has 158 valence electrons. The average Bonchev–Trinajstić information content (AvgIpc) is 3.44. The third-order valence-corrected chi connectivity index (χ3v) is 7.34. The maximum atomic E-state index is 12.9. The molecule has 0 radical (unpaired) electrons. The average molecular weight is 392 g/mol. The molecule has 3 aliphatic heterocycles. The molecule has 2 atom stereocenters. The molecule has 2 unspecified atom stereocenters. The third kappa shape index (κ3) is 4.69. The number of likely N-dealkylation sites (N-methyl/N-ethyl adjacent to an activating group) is 2. The van der Waals surface area contributed by atoms with Gasteiger partial charge in [0.15, 0.2) is 0 Å². The van der Waals surface area contributed by atoms with Gasteiger partial charge in [-0.15, -0.1) is 0 Å². The van der Waals surface area contributed by atoms with Crippen molar-refractivity contribution in [2.24, 2.45) is 5.92 Å². The minimum atomic E-state index is 0.0208.